The highest BCUT2D eigenvalue weighted by Gasteiger charge is 2.42. The van der Waals surface area contributed by atoms with Crippen LogP contribution in [0.4, 0.5) is 8.78 Å². The average molecular weight is 236 g/mol. The van der Waals surface area contributed by atoms with E-state index < -0.39 is 17.5 Å². The molecule has 0 N–H and O–H groups in total. The molecule has 0 fully saturated rings. The van der Waals surface area contributed by atoms with Crippen LogP contribution in [-0.4, -0.2) is 17.6 Å². The summed E-state index contributed by atoms with van der Waals surface area (Å²) in [5.74, 6) is -5.28. The second kappa shape index (κ2) is 4.53. The summed E-state index contributed by atoms with van der Waals surface area (Å²) in [5, 5.41) is 0.0819. The maximum Gasteiger partial charge on any atom is 0.382 e. The van der Waals surface area contributed by atoms with Gasteiger partial charge in [-0.05, 0) is 19.1 Å². The molecule has 1 aromatic heterocycles. The molecule has 0 aromatic carbocycles. The lowest BCUT2D eigenvalue weighted by Gasteiger charge is -2.14. The van der Waals surface area contributed by atoms with Gasteiger partial charge in [0.25, 0.3) is 0 Å². The van der Waals surface area contributed by atoms with Crippen LogP contribution in [-0.2, 0) is 15.5 Å². The Bertz CT molecular complexity index is 354. The van der Waals surface area contributed by atoms with E-state index >= 15 is 0 Å². The molecule has 0 amide bonds. The van der Waals surface area contributed by atoms with Gasteiger partial charge in [-0.25, -0.2) is 9.78 Å². The lowest BCUT2D eigenvalue weighted by molar-refractivity contribution is -0.173. The summed E-state index contributed by atoms with van der Waals surface area (Å²) in [7, 11) is 0. The van der Waals surface area contributed by atoms with Gasteiger partial charge in [-0.15, -0.1) is 0 Å². The summed E-state index contributed by atoms with van der Waals surface area (Å²) in [6.07, 6.45) is 0.846. The average Bonchev–Trinajstić information content (AvgIpc) is 2.18. The van der Waals surface area contributed by atoms with Gasteiger partial charge < -0.3 is 4.74 Å². The fourth-order valence-electron chi connectivity index (χ4n) is 0.901. The smallest absolute Gasteiger partial charge is 0.382 e. The predicted molar refractivity (Wildman–Crippen MR) is 49.8 cm³/mol. The number of rotatable bonds is 3. The van der Waals surface area contributed by atoms with Crippen molar-refractivity contribution in [3.05, 3.63) is 29.0 Å². The molecule has 1 aromatic rings. The van der Waals surface area contributed by atoms with Crippen molar-refractivity contribution < 1.29 is 18.3 Å². The van der Waals surface area contributed by atoms with Gasteiger partial charge in [0.2, 0.25) is 0 Å². The molecule has 0 aliphatic heterocycles. The van der Waals surface area contributed by atoms with Crippen molar-refractivity contribution in [3.63, 3.8) is 0 Å². The summed E-state index contributed by atoms with van der Waals surface area (Å²) in [5.41, 5.74) is -0.537. The summed E-state index contributed by atoms with van der Waals surface area (Å²) in [6.45, 7) is 1.35. The first-order chi connectivity index (χ1) is 6.98. The Morgan fingerprint density at radius 1 is 1.60 bits per heavy atom. The van der Waals surface area contributed by atoms with Gasteiger partial charge in [0, 0.05) is 6.20 Å². The van der Waals surface area contributed by atoms with Crippen LogP contribution >= 0.6 is 11.6 Å². The molecule has 82 valence electrons. The maximum absolute atomic E-state index is 13.3. The number of carbonyl (C=O) groups is 1. The van der Waals surface area contributed by atoms with Crippen LogP contribution in [0.3, 0.4) is 0 Å². The molecular formula is C9H8ClF2NO2. The molecule has 0 unspecified atom stereocenters. The number of ether oxygens (including phenoxy) is 1. The zero-order valence-corrected chi connectivity index (χ0v) is 8.59. The number of esters is 1. The Morgan fingerprint density at radius 3 is 2.73 bits per heavy atom. The van der Waals surface area contributed by atoms with E-state index in [1.807, 2.05) is 0 Å². The third-order valence-corrected chi connectivity index (χ3v) is 1.85. The Kier molecular flexibility index (Phi) is 3.57. The molecule has 0 aliphatic rings. The largest absolute Gasteiger partial charge is 0.461 e. The van der Waals surface area contributed by atoms with E-state index in [-0.39, 0.29) is 11.8 Å². The summed E-state index contributed by atoms with van der Waals surface area (Å²) in [4.78, 5) is 14.4. The van der Waals surface area contributed by atoms with Crippen LogP contribution in [0.1, 0.15) is 12.5 Å². The second-order valence-electron chi connectivity index (χ2n) is 2.66. The molecule has 0 saturated carbocycles. The third-order valence-electron chi connectivity index (χ3n) is 1.62. The fraction of sp³-hybridized carbons (Fsp3) is 0.333. The van der Waals surface area contributed by atoms with Crippen LogP contribution in [0.25, 0.3) is 0 Å². The van der Waals surface area contributed by atoms with Gasteiger partial charge in [-0.2, -0.15) is 8.78 Å². The minimum Gasteiger partial charge on any atom is -0.461 e. The van der Waals surface area contributed by atoms with E-state index in [2.05, 4.69) is 9.72 Å². The molecule has 15 heavy (non-hydrogen) atoms. The van der Waals surface area contributed by atoms with E-state index in [0.717, 1.165) is 12.3 Å². The molecular weight excluding hydrogens is 228 g/mol. The van der Waals surface area contributed by atoms with E-state index in [1.165, 1.54) is 13.0 Å². The zero-order valence-electron chi connectivity index (χ0n) is 7.84. The molecule has 3 nitrogen and oxygen atoms in total. The molecule has 0 spiro atoms. The standard InChI is InChI=1S/C9H8ClF2NO2/c1-2-15-8(14)9(11,12)6-3-4-7(10)13-5-6/h3-5H,2H2,1H3. The van der Waals surface area contributed by atoms with Crippen LogP contribution in [0, 0.1) is 0 Å². The van der Waals surface area contributed by atoms with Gasteiger partial charge >= 0.3 is 11.9 Å². The first-order valence-electron chi connectivity index (χ1n) is 4.15. The number of nitrogens with zero attached hydrogens (tertiary/aromatic N) is 1. The monoisotopic (exact) mass is 235 g/mol. The van der Waals surface area contributed by atoms with Gasteiger partial charge in [-0.3, -0.25) is 0 Å². The number of alkyl halides is 2. The number of hydrogen-bond acceptors (Lipinski definition) is 3. The van der Waals surface area contributed by atoms with Crippen molar-refractivity contribution in [1.29, 1.82) is 0 Å². The molecule has 6 heteroatoms. The van der Waals surface area contributed by atoms with Crippen LogP contribution < -0.4 is 0 Å². The lowest BCUT2D eigenvalue weighted by Crippen LogP contribution is -2.28. The fourth-order valence-corrected chi connectivity index (χ4v) is 1.01. The van der Waals surface area contributed by atoms with Crippen molar-refractivity contribution in [2.24, 2.45) is 0 Å². The quantitative estimate of drug-likeness (QED) is 0.597. The van der Waals surface area contributed by atoms with Crippen molar-refractivity contribution in [2.45, 2.75) is 12.8 Å². The topological polar surface area (TPSA) is 39.2 Å². The molecule has 1 rings (SSSR count). The van der Waals surface area contributed by atoms with E-state index in [9.17, 15) is 13.6 Å². The second-order valence-corrected chi connectivity index (χ2v) is 3.05. The predicted octanol–water partition coefficient (Wildman–Crippen LogP) is 2.39. The Morgan fingerprint density at radius 2 is 2.27 bits per heavy atom. The van der Waals surface area contributed by atoms with Crippen LogP contribution in [0.5, 0.6) is 0 Å². The highest BCUT2D eigenvalue weighted by Crippen LogP contribution is 2.29. The maximum atomic E-state index is 13.3. The molecule has 1 heterocycles. The number of halogens is 3. The van der Waals surface area contributed by atoms with Gasteiger partial charge in [0.15, 0.2) is 0 Å². The SMILES string of the molecule is CCOC(=O)C(F)(F)c1ccc(Cl)nc1. The van der Waals surface area contributed by atoms with Gasteiger partial charge in [-0.1, -0.05) is 11.6 Å². The van der Waals surface area contributed by atoms with E-state index in [1.54, 1.807) is 0 Å². The Labute approximate surface area is 90.0 Å². The van der Waals surface area contributed by atoms with E-state index in [4.69, 9.17) is 11.6 Å². The van der Waals surface area contributed by atoms with Crippen molar-refractivity contribution in [2.75, 3.05) is 6.61 Å². The van der Waals surface area contributed by atoms with Crippen molar-refractivity contribution in [3.8, 4) is 0 Å². The number of carbonyl (C=O) groups excluding carboxylic acids is 1. The van der Waals surface area contributed by atoms with Gasteiger partial charge in [0.05, 0.1) is 12.2 Å². The molecule has 0 atom stereocenters. The van der Waals surface area contributed by atoms with E-state index in [0.29, 0.717) is 0 Å². The minimum atomic E-state index is -3.69. The van der Waals surface area contributed by atoms with Crippen LogP contribution in [0.15, 0.2) is 18.3 Å². The highest BCUT2D eigenvalue weighted by molar-refractivity contribution is 6.29. The lowest BCUT2D eigenvalue weighted by atomic mass is 10.1. The van der Waals surface area contributed by atoms with Gasteiger partial charge in [0.1, 0.15) is 5.15 Å². The molecule has 0 aliphatic carbocycles. The third kappa shape index (κ3) is 2.62. The summed E-state index contributed by atoms with van der Waals surface area (Å²) >= 11 is 5.43. The number of aromatic nitrogens is 1. The number of hydrogen-bond donors (Lipinski definition) is 0. The molecule has 0 radical (unpaired) electrons. The normalized spacial score (nSPS) is 11.2. The molecule has 0 saturated heterocycles. The summed E-state index contributed by atoms with van der Waals surface area (Å²) < 4.78 is 30.9. The Hall–Kier alpha value is -1.23. The number of pyridine rings is 1. The van der Waals surface area contributed by atoms with Crippen molar-refractivity contribution >= 4 is 17.6 Å². The zero-order chi connectivity index (χ0) is 11.5. The summed E-state index contributed by atoms with van der Waals surface area (Å²) in [6, 6.07) is 2.22. The first kappa shape index (κ1) is 11.8. The highest BCUT2D eigenvalue weighted by atomic mass is 35.5. The molecule has 0 bridgehead atoms. The minimum absolute atomic E-state index is 0.0819. The Balaban J connectivity index is 2.94. The van der Waals surface area contributed by atoms with Crippen LogP contribution in [0.2, 0.25) is 5.15 Å². The first-order valence-corrected chi connectivity index (χ1v) is 4.53. The van der Waals surface area contributed by atoms with Crippen molar-refractivity contribution in [1.82, 2.24) is 4.98 Å².